The molecule has 9 nitrogen and oxygen atoms in total. The summed E-state index contributed by atoms with van der Waals surface area (Å²) in [4.78, 5) is 33.6. The number of halogens is 4. The Morgan fingerprint density at radius 1 is 0.976 bits per heavy atom. The topological polar surface area (TPSA) is 90.6 Å². The van der Waals surface area contributed by atoms with Crippen LogP contribution in [0.15, 0.2) is 59.4 Å². The zero-order chi connectivity index (χ0) is 29.3. The molecule has 0 spiro atoms. The molecule has 1 N–H and O–H groups in total. The average molecular weight is 572 g/mol. The second-order valence-electron chi connectivity index (χ2n) is 9.24. The van der Waals surface area contributed by atoms with Gasteiger partial charge in [0.15, 0.2) is 5.82 Å². The summed E-state index contributed by atoms with van der Waals surface area (Å²) in [6, 6.07) is 11.7. The summed E-state index contributed by atoms with van der Waals surface area (Å²) in [6.07, 6.45) is 2.00. The van der Waals surface area contributed by atoms with Crippen LogP contribution in [0.5, 0.6) is 11.5 Å². The summed E-state index contributed by atoms with van der Waals surface area (Å²) in [7, 11) is 2.67. The van der Waals surface area contributed by atoms with E-state index >= 15 is 8.78 Å². The summed E-state index contributed by atoms with van der Waals surface area (Å²) in [5.41, 5.74) is -2.06. The fourth-order valence-corrected chi connectivity index (χ4v) is 4.78. The number of rotatable bonds is 8. The molecule has 0 bridgehead atoms. The largest absolute Gasteiger partial charge is 0.497 e. The Morgan fingerprint density at radius 2 is 1.61 bits per heavy atom. The van der Waals surface area contributed by atoms with Crippen molar-refractivity contribution in [2.45, 2.75) is 19.5 Å². The number of hydrogen-bond donors (Lipinski definition) is 1. The Morgan fingerprint density at radius 3 is 2.22 bits per heavy atom. The van der Waals surface area contributed by atoms with Crippen molar-refractivity contribution in [3.8, 4) is 28.6 Å². The molecule has 5 rings (SSSR count). The zero-order valence-corrected chi connectivity index (χ0v) is 22.0. The molecule has 0 atom stereocenters. The monoisotopic (exact) mass is 571 g/mol. The molecule has 1 saturated heterocycles. The van der Waals surface area contributed by atoms with Crippen LogP contribution in [0, 0.1) is 11.6 Å². The molecule has 4 aromatic rings. The highest BCUT2D eigenvalue weighted by Gasteiger charge is 2.28. The number of aromatic nitrogens is 3. The Kier molecular flexibility index (Phi) is 7.68. The number of ether oxygens (including phenoxy) is 2. The number of alkyl halides is 2. The number of anilines is 2. The van der Waals surface area contributed by atoms with Crippen LogP contribution in [0.25, 0.3) is 17.1 Å². The minimum absolute atomic E-state index is 0.0165. The normalized spacial score (nSPS) is 13.1. The van der Waals surface area contributed by atoms with Gasteiger partial charge < -0.3 is 19.7 Å². The van der Waals surface area contributed by atoms with Crippen molar-refractivity contribution in [3.63, 3.8) is 0 Å². The number of nitrogens with zero attached hydrogens (tertiary/aromatic N) is 4. The predicted octanol–water partition coefficient (Wildman–Crippen LogP) is 4.98. The first kappa shape index (κ1) is 27.7. The van der Waals surface area contributed by atoms with E-state index in [4.69, 9.17) is 4.74 Å². The minimum atomic E-state index is -3.05. The molecule has 2 aromatic heterocycles. The average Bonchev–Trinajstić information content (AvgIpc) is 3.56. The summed E-state index contributed by atoms with van der Waals surface area (Å²) in [5.74, 6) is -2.33. The van der Waals surface area contributed by atoms with Crippen molar-refractivity contribution in [2.24, 2.45) is 7.05 Å². The molecule has 3 heterocycles. The van der Waals surface area contributed by atoms with E-state index in [0.29, 0.717) is 5.82 Å². The van der Waals surface area contributed by atoms with Gasteiger partial charge in [-0.25, -0.2) is 13.8 Å². The molecule has 1 aliphatic heterocycles. The van der Waals surface area contributed by atoms with E-state index in [-0.39, 0.29) is 28.6 Å². The van der Waals surface area contributed by atoms with Crippen LogP contribution in [-0.4, -0.2) is 47.1 Å². The van der Waals surface area contributed by atoms with Crippen LogP contribution in [0.1, 0.15) is 23.2 Å². The van der Waals surface area contributed by atoms with Gasteiger partial charge in [-0.15, -0.1) is 0 Å². The third kappa shape index (κ3) is 5.47. The lowest BCUT2D eigenvalue weighted by Crippen LogP contribution is -2.25. The number of methoxy groups -OCH3 is 1. The van der Waals surface area contributed by atoms with E-state index in [9.17, 15) is 18.4 Å². The predicted molar refractivity (Wildman–Crippen MR) is 143 cm³/mol. The molecule has 41 heavy (non-hydrogen) atoms. The number of benzene rings is 2. The van der Waals surface area contributed by atoms with Crippen LogP contribution in [0.3, 0.4) is 0 Å². The molecule has 1 amide bonds. The number of carbonyl (C=O) groups is 1. The third-order valence-corrected chi connectivity index (χ3v) is 6.70. The Hall–Kier alpha value is -4.81. The molecule has 0 unspecified atom stereocenters. The highest BCUT2D eigenvalue weighted by Crippen LogP contribution is 2.34. The van der Waals surface area contributed by atoms with E-state index in [1.807, 2.05) is 0 Å². The molecule has 13 heteroatoms. The van der Waals surface area contributed by atoms with Crippen molar-refractivity contribution in [3.05, 3.63) is 82.1 Å². The summed E-state index contributed by atoms with van der Waals surface area (Å²) in [6.45, 7) is -1.45. The Balaban J connectivity index is 1.63. The van der Waals surface area contributed by atoms with Crippen LogP contribution in [0.2, 0.25) is 0 Å². The second-order valence-corrected chi connectivity index (χ2v) is 9.24. The molecule has 0 radical (unpaired) electrons. The molecule has 2 aromatic carbocycles. The number of nitrogens with one attached hydrogen (secondary N) is 1. The fourth-order valence-electron chi connectivity index (χ4n) is 4.78. The number of hydrogen-bond acceptors (Lipinski definition) is 6. The molecular weight excluding hydrogens is 546 g/mol. The maximum atomic E-state index is 15.3. The first-order chi connectivity index (χ1) is 19.7. The van der Waals surface area contributed by atoms with E-state index in [1.165, 1.54) is 31.0 Å². The van der Waals surface area contributed by atoms with Gasteiger partial charge in [0.25, 0.3) is 11.5 Å². The first-order valence-corrected chi connectivity index (χ1v) is 12.6. The minimum Gasteiger partial charge on any atom is -0.497 e. The second kappa shape index (κ2) is 11.4. The molecule has 214 valence electrons. The standard InChI is InChI=1S/C28H25F4N5O4/c1-35-25(23-19(29)14-18(40-2)15-20(23)30)24(34-26(38)16-8-10-17(11-9-16)41-28(31)32)27(39)37(35)22-7-5-6-21(33-22)36-12-3-4-13-36/h5-11,14-15,28H,3-4,12-13H2,1-2H3,(H,34,38). The van der Waals surface area contributed by atoms with Gasteiger partial charge in [-0.2, -0.15) is 13.5 Å². The lowest BCUT2D eigenvalue weighted by Gasteiger charge is -2.17. The first-order valence-electron chi connectivity index (χ1n) is 12.6. The van der Waals surface area contributed by atoms with Crippen LogP contribution in [-0.2, 0) is 7.05 Å². The number of pyridine rings is 1. The lowest BCUT2D eigenvalue weighted by atomic mass is 10.1. The third-order valence-electron chi connectivity index (χ3n) is 6.70. The fraction of sp³-hybridized carbons (Fsp3) is 0.250. The van der Waals surface area contributed by atoms with Gasteiger partial charge in [0.2, 0.25) is 0 Å². The quantitative estimate of drug-likeness (QED) is 0.300. The van der Waals surface area contributed by atoms with Gasteiger partial charge in [-0.1, -0.05) is 6.07 Å². The van der Waals surface area contributed by atoms with Crippen molar-refractivity contribution in [1.82, 2.24) is 14.3 Å². The molecular formula is C28H25F4N5O4. The zero-order valence-electron chi connectivity index (χ0n) is 22.0. The lowest BCUT2D eigenvalue weighted by molar-refractivity contribution is -0.0498. The van der Waals surface area contributed by atoms with E-state index in [2.05, 4.69) is 19.9 Å². The van der Waals surface area contributed by atoms with Gasteiger partial charge >= 0.3 is 6.61 Å². The number of carbonyl (C=O) groups excluding carboxylic acids is 1. The van der Waals surface area contributed by atoms with Crippen LogP contribution in [0.4, 0.5) is 29.1 Å². The van der Waals surface area contributed by atoms with Crippen LogP contribution >= 0.6 is 0 Å². The smallest absolute Gasteiger partial charge is 0.387 e. The molecule has 1 aliphatic rings. The summed E-state index contributed by atoms with van der Waals surface area (Å²) in [5, 5.41) is 2.45. The summed E-state index contributed by atoms with van der Waals surface area (Å²) >= 11 is 0. The maximum Gasteiger partial charge on any atom is 0.387 e. The molecule has 1 fully saturated rings. The maximum absolute atomic E-state index is 15.3. The number of amides is 1. The van der Waals surface area contributed by atoms with Gasteiger partial charge in [0.05, 0.1) is 12.7 Å². The van der Waals surface area contributed by atoms with Crippen molar-refractivity contribution in [2.75, 3.05) is 30.4 Å². The van der Waals surface area contributed by atoms with Gasteiger partial charge in [-0.05, 0) is 49.2 Å². The van der Waals surface area contributed by atoms with Crippen molar-refractivity contribution >= 4 is 17.4 Å². The highest BCUT2D eigenvalue weighted by molar-refractivity contribution is 6.06. The SMILES string of the molecule is COc1cc(F)c(-c2c(NC(=O)c3ccc(OC(F)F)cc3)c(=O)n(-c3cccc(N4CCCC4)n3)n2C)c(F)c1. The van der Waals surface area contributed by atoms with Gasteiger partial charge in [0.1, 0.15) is 40.3 Å². The summed E-state index contributed by atoms with van der Waals surface area (Å²) < 4.78 is 67.2. The Labute approximate surface area is 231 Å². The van der Waals surface area contributed by atoms with Gasteiger partial charge in [0, 0.05) is 37.8 Å². The highest BCUT2D eigenvalue weighted by atomic mass is 19.3. The van der Waals surface area contributed by atoms with Crippen LogP contribution < -0.4 is 25.2 Å². The van der Waals surface area contributed by atoms with Crippen molar-refractivity contribution in [1.29, 1.82) is 0 Å². The van der Waals surface area contributed by atoms with E-state index in [1.54, 1.807) is 18.2 Å². The van der Waals surface area contributed by atoms with Crippen molar-refractivity contribution < 1.29 is 31.8 Å². The molecule has 0 aliphatic carbocycles. The Bertz CT molecular complexity index is 1620. The van der Waals surface area contributed by atoms with Gasteiger partial charge in [-0.3, -0.25) is 14.3 Å². The molecule has 0 saturated carbocycles. The van der Waals surface area contributed by atoms with E-state index in [0.717, 1.165) is 54.9 Å². The van der Waals surface area contributed by atoms with E-state index < -0.39 is 41.0 Å².